The number of thioether (sulfide) groups is 1. The van der Waals surface area contributed by atoms with Crippen molar-refractivity contribution < 1.29 is 9.90 Å². The molecule has 2 aromatic rings. The highest BCUT2D eigenvalue weighted by Gasteiger charge is 2.22. The molecule has 0 saturated carbocycles. The van der Waals surface area contributed by atoms with Crippen LogP contribution in [0.5, 0.6) is 0 Å². The van der Waals surface area contributed by atoms with Crippen LogP contribution in [0.3, 0.4) is 0 Å². The van der Waals surface area contributed by atoms with Crippen LogP contribution in [0.15, 0.2) is 17.2 Å². The Kier molecular flexibility index (Phi) is 3.89. The number of aromatic amines is 1. The minimum absolute atomic E-state index is 0.0118. The summed E-state index contributed by atoms with van der Waals surface area (Å²) in [6, 6.07) is 1.39. The molecule has 7 nitrogen and oxygen atoms in total. The van der Waals surface area contributed by atoms with Gasteiger partial charge in [0.15, 0.2) is 0 Å². The number of aromatic nitrogens is 4. The molecule has 2 aromatic heterocycles. The molecule has 0 radical (unpaired) electrons. The van der Waals surface area contributed by atoms with Gasteiger partial charge in [0.1, 0.15) is 11.6 Å². The predicted molar refractivity (Wildman–Crippen MR) is 71.2 cm³/mol. The van der Waals surface area contributed by atoms with Gasteiger partial charge in [0, 0.05) is 11.8 Å². The van der Waals surface area contributed by atoms with Crippen LogP contribution in [-0.2, 0) is 10.5 Å². The van der Waals surface area contributed by atoms with Crippen molar-refractivity contribution in [2.45, 2.75) is 24.9 Å². The fourth-order valence-electron chi connectivity index (χ4n) is 1.67. The molecule has 2 N–H and O–H groups in total. The average molecular weight is 282 g/mol. The zero-order valence-electron chi connectivity index (χ0n) is 10.5. The van der Waals surface area contributed by atoms with Crippen molar-refractivity contribution in [1.29, 1.82) is 0 Å². The molecular weight excluding hydrogens is 268 g/mol. The van der Waals surface area contributed by atoms with Gasteiger partial charge in [0.25, 0.3) is 11.3 Å². The number of rotatable bonds is 5. The van der Waals surface area contributed by atoms with Crippen molar-refractivity contribution in [2.24, 2.45) is 5.92 Å². The zero-order chi connectivity index (χ0) is 14.0. The van der Waals surface area contributed by atoms with Crippen LogP contribution in [0, 0.1) is 5.92 Å². The van der Waals surface area contributed by atoms with E-state index in [1.54, 1.807) is 0 Å². The Bertz CT molecular complexity index is 649. The molecule has 0 aromatic carbocycles. The van der Waals surface area contributed by atoms with Crippen molar-refractivity contribution in [3.63, 3.8) is 0 Å². The van der Waals surface area contributed by atoms with Gasteiger partial charge in [0.05, 0.1) is 5.69 Å². The fourth-order valence-corrected chi connectivity index (χ4v) is 2.69. The van der Waals surface area contributed by atoms with Crippen molar-refractivity contribution in [3.8, 4) is 0 Å². The summed E-state index contributed by atoms with van der Waals surface area (Å²) >= 11 is 1.26. The predicted octanol–water partition coefficient (Wildman–Crippen LogP) is 0.760. The van der Waals surface area contributed by atoms with Gasteiger partial charge in [-0.1, -0.05) is 13.8 Å². The van der Waals surface area contributed by atoms with E-state index in [-0.39, 0.29) is 11.5 Å². The van der Waals surface area contributed by atoms with E-state index in [1.165, 1.54) is 28.7 Å². The van der Waals surface area contributed by atoms with Gasteiger partial charge in [-0.25, -0.2) is 9.97 Å². The quantitative estimate of drug-likeness (QED) is 0.839. The topological polar surface area (TPSA) is 100 Å². The lowest BCUT2D eigenvalue weighted by Gasteiger charge is -2.14. The van der Waals surface area contributed by atoms with Gasteiger partial charge in [-0.15, -0.1) is 11.8 Å². The van der Waals surface area contributed by atoms with E-state index in [2.05, 4.69) is 15.1 Å². The number of carboxylic acid groups (broad SMARTS) is 1. The highest BCUT2D eigenvalue weighted by atomic mass is 32.2. The molecule has 0 aliphatic rings. The molecule has 1 unspecified atom stereocenters. The summed E-state index contributed by atoms with van der Waals surface area (Å²) < 4.78 is 1.23. The van der Waals surface area contributed by atoms with Crippen LogP contribution >= 0.6 is 11.8 Å². The van der Waals surface area contributed by atoms with Gasteiger partial charge in [-0.2, -0.15) is 4.52 Å². The first-order valence-corrected chi connectivity index (χ1v) is 6.80. The maximum absolute atomic E-state index is 11.7. The van der Waals surface area contributed by atoms with Gasteiger partial charge < -0.3 is 5.11 Å². The van der Waals surface area contributed by atoms with Crippen molar-refractivity contribution in [3.05, 3.63) is 28.4 Å². The van der Waals surface area contributed by atoms with Gasteiger partial charge in [0.2, 0.25) is 0 Å². The number of carbonyl (C=O) groups is 1. The van der Waals surface area contributed by atoms with E-state index in [0.717, 1.165) is 0 Å². The van der Waals surface area contributed by atoms with E-state index >= 15 is 0 Å². The molecule has 2 heterocycles. The molecule has 0 fully saturated rings. The number of aliphatic carboxylic acids is 1. The summed E-state index contributed by atoms with van der Waals surface area (Å²) in [7, 11) is 0. The third-order valence-corrected chi connectivity index (χ3v) is 4.15. The van der Waals surface area contributed by atoms with Crippen LogP contribution in [-0.4, -0.2) is 35.9 Å². The van der Waals surface area contributed by atoms with Crippen LogP contribution < -0.4 is 5.56 Å². The Morgan fingerprint density at radius 3 is 2.95 bits per heavy atom. The van der Waals surface area contributed by atoms with Gasteiger partial charge >= 0.3 is 5.97 Å². The van der Waals surface area contributed by atoms with E-state index in [4.69, 9.17) is 5.11 Å². The SMILES string of the molecule is CC(C)C(SCc1cc(=O)n2[nH]cnc2n1)C(=O)O. The maximum atomic E-state index is 11.7. The Balaban J connectivity index is 2.17. The number of fused-ring (bicyclic) bond motifs is 1. The molecule has 0 aliphatic carbocycles. The van der Waals surface area contributed by atoms with Crippen LogP contribution in [0.1, 0.15) is 19.5 Å². The standard InChI is InChI=1S/C11H14N4O3S/c1-6(2)9(10(17)18)19-4-7-3-8(16)15-11(14-7)12-5-13-15/h3,5-6,9H,4H2,1-2H3,(H,17,18)(H,12,13,14). The first-order valence-electron chi connectivity index (χ1n) is 5.75. The second kappa shape index (κ2) is 5.43. The van der Waals surface area contributed by atoms with Crippen LogP contribution in [0.25, 0.3) is 5.78 Å². The lowest BCUT2D eigenvalue weighted by Crippen LogP contribution is -2.23. The number of hydrogen-bond acceptors (Lipinski definition) is 5. The third-order valence-electron chi connectivity index (χ3n) is 2.58. The molecule has 2 rings (SSSR count). The van der Waals surface area contributed by atoms with Crippen LogP contribution in [0.2, 0.25) is 0 Å². The number of nitrogens with zero attached hydrogens (tertiary/aromatic N) is 3. The third kappa shape index (κ3) is 2.95. The van der Waals surface area contributed by atoms with E-state index in [1.807, 2.05) is 13.8 Å². The molecule has 8 heteroatoms. The number of nitrogens with one attached hydrogen (secondary N) is 1. The molecule has 0 saturated heterocycles. The summed E-state index contributed by atoms with van der Waals surface area (Å²) in [4.78, 5) is 30.9. The highest BCUT2D eigenvalue weighted by molar-refractivity contribution is 7.99. The maximum Gasteiger partial charge on any atom is 0.316 e. The Morgan fingerprint density at radius 2 is 2.32 bits per heavy atom. The first-order chi connectivity index (χ1) is 8.99. The molecule has 0 amide bonds. The minimum atomic E-state index is -0.849. The lowest BCUT2D eigenvalue weighted by molar-refractivity contribution is -0.137. The number of hydrogen-bond donors (Lipinski definition) is 2. The Labute approximate surface area is 113 Å². The van der Waals surface area contributed by atoms with Gasteiger partial charge in [-0.3, -0.25) is 14.7 Å². The largest absolute Gasteiger partial charge is 0.480 e. The van der Waals surface area contributed by atoms with E-state index < -0.39 is 11.2 Å². The molecular formula is C11H14N4O3S. The second-order valence-electron chi connectivity index (χ2n) is 4.42. The monoisotopic (exact) mass is 282 g/mol. The summed E-state index contributed by atoms with van der Waals surface area (Å²) in [5.74, 6) is -0.178. The molecule has 102 valence electrons. The normalized spacial score (nSPS) is 13.0. The summed E-state index contributed by atoms with van der Waals surface area (Å²) in [5.41, 5.74) is 0.281. The first kappa shape index (κ1) is 13.6. The summed E-state index contributed by atoms with van der Waals surface area (Å²) in [5, 5.41) is 11.2. The Morgan fingerprint density at radius 1 is 1.58 bits per heavy atom. The van der Waals surface area contributed by atoms with Gasteiger partial charge in [-0.05, 0) is 5.92 Å². The lowest BCUT2D eigenvalue weighted by atomic mass is 10.1. The summed E-state index contributed by atoms with van der Waals surface area (Å²) in [6.07, 6.45) is 1.38. The smallest absolute Gasteiger partial charge is 0.316 e. The Hall–Kier alpha value is -1.83. The van der Waals surface area contributed by atoms with Crippen molar-refractivity contribution in [1.82, 2.24) is 19.6 Å². The second-order valence-corrected chi connectivity index (χ2v) is 5.55. The molecule has 19 heavy (non-hydrogen) atoms. The van der Waals surface area contributed by atoms with Crippen LogP contribution in [0.4, 0.5) is 0 Å². The minimum Gasteiger partial charge on any atom is -0.480 e. The van der Waals surface area contributed by atoms with Crippen molar-refractivity contribution in [2.75, 3.05) is 0 Å². The molecule has 1 atom stereocenters. The molecule has 0 spiro atoms. The number of H-pyrrole nitrogens is 1. The fraction of sp³-hybridized carbons (Fsp3) is 0.455. The summed E-state index contributed by atoms with van der Waals surface area (Å²) in [6.45, 7) is 3.70. The number of carboxylic acids is 1. The average Bonchev–Trinajstić information content (AvgIpc) is 2.76. The van der Waals surface area contributed by atoms with E-state index in [9.17, 15) is 9.59 Å². The highest BCUT2D eigenvalue weighted by Crippen LogP contribution is 2.22. The van der Waals surface area contributed by atoms with E-state index in [0.29, 0.717) is 17.2 Å². The zero-order valence-corrected chi connectivity index (χ0v) is 11.3. The molecule has 0 bridgehead atoms. The van der Waals surface area contributed by atoms with Crippen molar-refractivity contribution >= 4 is 23.5 Å². The molecule has 0 aliphatic heterocycles.